The molecule has 1 atom stereocenters. The van der Waals surface area contributed by atoms with E-state index in [-0.39, 0.29) is 6.17 Å². The molecule has 5 nitrogen and oxygen atoms in total. The van der Waals surface area contributed by atoms with Gasteiger partial charge in [-0.2, -0.15) is 0 Å². The quantitative estimate of drug-likeness (QED) is 0.627. The Hall–Kier alpha value is -3.47. The van der Waals surface area contributed by atoms with Crippen molar-refractivity contribution in [1.29, 1.82) is 0 Å². The van der Waals surface area contributed by atoms with E-state index >= 15 is 0 Å². The van der Waals surface area contributed by atoms with Gasteiger partial charge in [-0.1, -0.05) is 18.2 Å². The SMILES string of the molecule is C=NC(=N/C=C\C)c1ccc(N(C)c2ccc(C3N=CC=CN3)cc2)cc1. The number of benzene rings is 2. The van der Waals surface area contributed by atoms with Gasteiger partial charge >= 0.3 is 0 Å². The summed E-state index contributed by atoms with van der Waals surface area (Å²) < 4.78 is 0. The van der Waals surface area contributed by atoms with Gasteiger partial charge in [0.1, 0.15) is 6.17 Å². The fourth-order valence-electron chi connectivity index (χ4n) is 2.77. The first kappa shape index (κ1) is 18.3. The van der Waals surface area contributed by atoms with Crippen LogP contribution in [0.1, 0.15) is 24.2 Å². The number of rotatable bonds is 5. The summed E-state index contributed by atoms with van der Waals surface area (Å²) in [7, 11) is 2.05. The van der Waals surface area contributed by atoms with Crippen molar-refractivity contribution in [3.05, 3.63) is 84.2 Å². The van der Waals surface area contributed by atoms with E-state index in [4.69, 9.17) is 0 Å². The summed E-state index contributed by atoms with van der Waals surface area (Å²) in [6.07, 6.45) is 9.17. The van der Waals surface area contributed by atoms with Crippen LogP contribution in [0.25, 0.3) is 0 Å². The molecule has 1 heterocycles. The minimum absolute atomic E-state index is 0.0186. The number of hydrogen-bond acceptors (Lipinski definition) is 4. The van der Waals surface area contributed by atoms with Crippen LogP contribution < -0.4 is 10.2 Å². The molecule has 3 rings (SSSR count). The van der Waals surface area contributed by atoms with Gasteiger partial charge in [0.15, 0.2) is 5.84 Å². The van der Waals surface area contributed by atoms with Crippen LogP contribution in [0.3, 0.4) is 0 Å². The summed E-state index contributed by atoms with van der Waals surface area (Å²) in [5.41, 5.74) is 4.25. The average molecular weight is 357 g/mol. The molecule has 0 bridgehead atoms. The van der Waals surface area contributed by atoms with Crippen LogP contribution >= 0.6 is 0 Å². The molecule has 2 aromatic rings. The van der Waals surface area contributed by atoms with E-state index in [9.17, 15) is 0 Å². The van der Waals surface area contributed by atoms with Crippen LogP contribution in [0.15, 0.2) is 88.1 Å². The first-order chi connectivity index (χ1) is 13.2. The molecule has 1 aliphatic rings. The molecular formula is C22H23N5. The Morgan fingerprint density at radius 1 is 1.11 bits per heavy atom. The second-order valence-corrected chi connectivity index (χ2v) is 6.02. The lowest BCUT2D eigenvalue weighted by Crippen LogP contribution is -2.16. The van der Waals surface area contributed by atoms with Crippen molar-refractivity contribution in [2.24, 2.45) is 15.0 Å². The molecule has 1 unspecified atom stereocenters. The monoisotopic (exact) mass is 357 g/mol. The maximum Gasteiger partial charge on any atom is 0.158 e. The number of nitrogens with zero attached hydrogens (tertiary/aromatic N) is 4. The van der Waals surface area contributed by atoms with Gasteiger partial charge in [0.05, 0.1) is 0 Å². The summed E-state index contributed by atoms with van der Waals surface area (Å²) in [6.45, 7) is 5.52. The van der Waals surface area contributed by atoms with E-state index < -0.39 is 0 Å². The van der Waals surface area contributed by atoms with Crippen molar-refractivity contribution in [2.45, 2.75) is 13.1 Å². The van der Waals surface area contributed by atoms with Crippen molar-refractivity contribution in [1.82, 2.24) is 5.32 Å². The molecule has 2 aromatic carbocycles. The summed E-state index contributed by atoms with van der Waals surface area (Å²) >= 11 is 0. The van der Waals surface area contributed by atoms with E-state index in [0.717, 1.165) is 22.5 Å². The lowest BCUT2D eigenvalue weighted by Gasteiger charge is -2.21. The number of amidine groups is 1. The largest absolute Gasteiger partial charge is 0.366 e. The third-order valence-corrected chi connectivity index (χ3v) is 4.28. The molecule has 136 valence electrons. The van der Waals surface area contributed by atoms with Crippen molar-refractivity contribution >= 4 is 30.1 Å². The Kier molecular flexibility index (Phi) is 5.94. The fourth-order valence-corrected chi connectivity index (χ4v) is 2.77. The predicted molar refractivity (Wildman–Crippen MR) is 115 cm³/mol. The second-order valence-electron chi connectivity index (χ2n) is 6.02. The lowest BCUT2D eigenvalue weighted by molar-refractivity contribution is 0.653. The standard InChI is InChI=1S/C22H23N5/c1-4-14-24-21(23-2)17-6-10-19(11-7-17)27(3)20-12-8-18(9-13-20)22-25-15-5-16-26-22/h4-16,22,25H,2H2,1,3H3/b14-4-,24-21?. The minimum atomic E-state index is -0.0186. The Morgan fingerprint density at radius 2 is 1.78 bits per heavy atom. The maximum atomic E-state index is 4.42. The van der Waals surface area contributed by atoms with Crippen molar-refractivity contribution in [3.8, 4) is 0 Å². The van der Waals surface area contributed by atoms with Crippen molar-refractivity contribution < 1.29 is 0 Å². The van der Waals surface area contributed by atoms with Crippen LogP contribution in [0, 0.1) is 0 Å². The van der Waals surface area contributed by atoms with Gasteiger partial charge < -0.3 is 10.2 Å². The minimum Gasteiger partial charge on any atom is -0.366 e. The lowest BCUT2D eigenvalue weighted by atomic mass is 10.1. The van der Waals surface area contributed by atoms with Gasteiger partial charge in [0.25, 0.3) is 0 Å². The molecule has 0 aliphatic carbocycles. The smallest absolute Gasteiger partial charge is 0.158 e. The number of aliphatic imine (C=N–C) groups is 3. The molecule has 5 heteroatoms. The highest BCUT2D eigenvalue weighted by molar-refractivity contribution is 6.02. The molecule has 1 aliphatic heterocycles. The highest BCUT2D eigenvalue weighted by atomic mass is 15.1. The van der Waals surface area contributed by atoms with Crippen LogP contribution in [-0.2, 0) is 0 Å². The number of allylic oxidation sites excluding steroid dienone is 2. The van der Waals surface area contributed by atoms with Crippen LogP contribution in [0.4, 0.5) is 11.4 Å². The van der Waals surface area contributed by atoms with Gasteiger partial charge in [-0.3, -0.25) is 4.99 Å². The zero-order valence-electron chi connectivity index (χ0n) is 15.6. The van der Waals surface area contributed by atoms with Crippen molar-refractivity contribution in [3.63, 3.8) is 0 Å². The summed E-state index contributed by atoms with van der Waals surface area (Å²) in [6, 6.07) is 16.5. The Morgan fingerprint density at radius 3 is 2.33 bits per heavy atom. The molecule has 0 amide bonds. The molecule has 0 fully saturated rings. The Labute approximate surface area is 160 Å². The zero-order valence-corrected chi connectivity index (χ0v) is 15.6. The second kappa shape index (κ2) is 8.76. The Balaban J connectivity index is 1.75. The summed E-state index contributed by atoms with van der Waals surface area (Å²) in [5.74, 6) is 0.612. The molecule has 0 aromatic heterocycles. The molecule has 27 heavy (non-hydrogen) atoms. The first-order valence-electron chi connectivity index (χ1n) is 8.77. The van der Waals surface area contributed by atoms with Gasteiger partial charge in [-0.15, -0.1) is 0 Å². The van der Waals surface area contributed by atoms with E-state index in [0.29, 0.717) is 5.84 Å². The van der Waals surface area contributed by atoms with Gasteiger partial charge in [-0.25, -0.2) is 9.98 Å². The van der Waals surface area contributed by atoms with E-state index in [1.807, 2.05) is 50.7 Å². The highest BCUT2D eigenvalue weighted by Gasteiger charge is 2.10. The van der Waals surface area contributed by atoms with Crippen LogP contribution in [-0.4, -0.2) is 25.8 Å². The van der Waals surface area contributed by atoms with Crippen molar-refractivity contribution in [2.75, 3.05) is 11.9 Å². The summed E-state index contributed by atoms with van der Waals surface area (Å²) in [5, 5.41) is 3.23. The van der Waals surface area contributed by atoms with Gasteiger partial charge in [-0.05, 0) is 67.9 Å². The zero-order chi connectivity index (χ0) is 19.1. The molecule has 0 saturated carbocycles. The van der Waals surface area contributed by atoms with Crippen LogP contribution in [0.2, 0.25) is 0 Å². The van der Waals surface area contributed by atoms with E-state index in [1.54, 1.807) is 6.20 Å². The molecule has 0 spiro atoms. The van der Waals surface area contributed by atoms with Gasteiger partial charge in [0.2, 0.25) is 0 Å². The predicted octanol–water partition coefficient (Wildman–Crippen LogP) is 4.62. The van der Waals surface area contributed by atoms with E-state index in [1.165, 1.54) is 0 Å². The molecule has 0 saturated heterocycles. The van der Waals surface area contributed by atoms with E-state index in [2.05, 4.69) is 68.3 Å². The number of hydrogen-bond donors (Lipinski definition) is 1. The average Bonchev–Trinajstić information content (AvgIpc) is 2.75. The number of anilines is 2. The molecule has 1 N–H and O–H groups in total. The topological polar surface area (TPSA) is 52.4 Å². The Bertz CT molecular complexity index is 889. The third-order valence-electron chi connectivity index (χ3n) is 4.28. The number of nitrogens with one attached hydrogen (secondary N) is 1. The fraction of sp³-hybridized carbons (Fsp3) is 0.136. The van der Waals surface area contributed by atoms with Crippen LogP contribution in [0.5, 0.6) is 0 Å². The third kappa shape index (κ3) is 4.39. The first-order valence-corrected chi connectivity index (χ1v) is 8.77. The normalized spacial score (nSPS) is 16.4. The highest BCUT2D eigenvalue weighted by Crippen LogP contribution is 2.26. The van der Waals surface area contributed by atoms with Gasteiger partial charge in [0, 0.05) is 36.4 Å². The maximum absolute atomic E-state index is 4.42. The summed E-state index contributed by atoms with van der Waals surface area (Å²) in [4.78, 5) is 14.8. The molecule has 0 radical (unpaired) electrons. The molecular weight excluding hydrogens is 334 g/mol.